The van der Waals surface area contributed by atoms with Crippen molar-refractivity contribution in [2.24, 2.45) is 5.92 Å². The van der Waals surface area contributed by atoms with Crippen LogP contribution in [0.4, 0.5) is 10.1 Å². The van der Waals surface area contributed by atoms with Crippen LogP contribution < -0.4 is 9.03 Å². The fraction of sp³-hybridized carbons (Fsp3) is 0.412. The SMILES string of the molecule is O=C1CN(c2c(O)cc3c(c2F)-c2cn(CC4CC4)nc2CC3)S(=O)(=O)N1. The summed E-state index contributed by atoms with van der Waals surface area (Å²) in [7, 11) is -4.23. The number of anilines is 1. The predicted molar refractivity (Wildman–Crippen MR) is 93.8 cm³/mol. The number of hydrogen-bond acceptors (Lipinski definition) is 5. The van der Waals surface area contributed by atoms with Crippen LogP contribution in [0.3, 0.4) is 0 Å². The molecule has 3 aliphatic rings. The highest BCUT2D eigenvalue weighted by molar-refractivity contribution is 7.92. The molecule has 8 nitrogen and oxygen atoms in total. The molecule has 1 saturated heterocycles. The third kappa shape index (κ3) is 2.58. The van der Waals surface area contributed by atoms with E-state index in [0.717, 1.165) is 12.2 Å². The van der Waals surface area contributed by atoms with E-state index in [0.29, 0.717) is 34.2 Å². The molecule has 0 bridgehead atoms. The number of hydrogen-bond donors (Lipinski definition) is 2. The van der Waals surface area contributed by atoms with Crippen molar-refractivity contribution in [2.75, 3.05) is 10.8 Å². The largest absolute Gasteiger partial charge is 0.506 e. The monoisotopic (exact) mass is 392 g/mol. The zero-order valence-electron chi connectivity index (χ0n) is 14.3. The van der Waals surface area contributed by atoms with Gasteiger partial charge in [0.25, 0.3) is 5.91 Å². The summed E-state index contributed by atoms with van der Waals surface area (Å²) < 4.78 is 43.9. The predicted octanol–water partition coefficient (Wildman–Crippen LogP) is 1.08. The van der Waals surface area contributed by atoms with Crippen molar-refractivity contribution < 1.29 is 22.7 Å². The Labute approximate surface area is 154 Å². The van der Waals surface area contributed by atoms with E-state index >= 15 is 4.39 Å². The number of carbonyl (C=O) groups is 1. The second kappa shape index (κ2) is 5.44. The van der Waals surface area contributed by atoms with Crippen LogP contribution in [0.1, 0.15) is 24.1 Å². The quantitative estimate of drug-likeness (QED) is 0.814. The summed E-state index contributed by atoms with van der Waals surface area (Å²) in [5, 5.41) is 14.9. The van der Waals surface area contributed by atoms with Gasteiger partial charge >= 0.3 is 10.2 Å². The van der Waals surface area contributed by atoms with Crippen LogP contribution in [0.15, 0.2) is 12.3 Å². The molecule has 2 aromatic rings. The minimum Gasteiger partial charge on any atom is -0.506 e. The van der Waals surface area contributed by atoms with Gasteiger partial charge in [-0.2, -0.15) is 13.5 Å². The Hall–Kier alpha value is -2.62. The molecule has 1 aliphatic heterocycles. The Morgan fingerprint density at radius 2 is 2.11 bits per heavy atom. The number of phenolic OH excluding ortho intramolecular Hbond substituents is 1. The van der Waals surface area contributed by atoms with Crippen LogP contribution in [0.2, 0.25) is 0 Å². The molecule has 2 N–H and O–H groups in total. The molecule has 2 fully saturated rings. The van der Waals surface area contributed by atoms with Gasteiger partial charge < -0.3 is 5.11 Å². The van der Waals surface area contributed by atoms with Gasteiger partial charge in [-0.25, -0.2) is 13.4 Å². The van der Waals surface area contributed by atoms with Crippen molar-refractivity contribution in [1.29, 1.82) is 0 Å². The summed E-state index contributed by atoms with van der Waals surface area (Å²) in [6.07, 6.45) is 5.25. The van der Waals surface area contributed by atoms with E-state index in [1.165, 1.54) is 18.9 Å². The normalized spacial score (nSPS) is 20.3. The first-order valence-corrected chi connectivity index (χ1v) is 10.2. The lowest BCUT2D eigenvalue weighted by Gasteiger charge is -2.22. The van der Waals surface area contributed by atoms with Crippen LogP contribution in [0.5, 0.6) is 5.75 Å². The number of halogens is 1. The van der Waals surface area contributed by atoms with Crippen LogP contribution in [0, 0.1) is 11.7 Å². The number of nitrogens with zero attached hydrogens (tertiary/aromatic N) is 3. The molecule has 0 spiro atoms. The number of aryl methyl sites for hydroxylation is 2. The van der Waals surface area contributed by atoms with Crippen LogP contribution in [-0.2, 0) is 34.4 Å². The van der Waals surface area contributed by atoms with Crippen LogP contribution >= 0.6 is 0 Å². The zero-order chi connectivity index (χ0) is 18.9. The number of rotatable bonds is 3. The molecule has 2 heterocycles. The van der Waals surface area contributed by atoms with E-state index in [4.69, 9.17) is 0 Å². The van der Waals surface area contributed by atoms with E-state index in [-0.39, 0.29) is 5.56 Å². The number of aromatic nitrogens is 2. The van der Waals surface area contributed by atoms with Gasteiger partial charge in [0.05, 0.1) is 5.69 Å². The molecular formula is C17H17FN4O4S. The van der Waals surface area contributed by atoms with Gasteiger partial charge in [0.15, 0.2) is 5.82 Å². The van der Waals surface area contributed by atoms with Gasteiger partial charge in [-0.15, -0.1) is 0 Å². The molecular weight excluding hydrogens is 375 g/mol. The summed E-state index contributed by atoms with van der Waals surface area (Å²) in [5.41, 5.74) is 1.72. The molecule has 5 rings (SSSR count). The summed E-state index contributed by atoms with van der Waals surface area (Å²) >= 11 is 0. The molecule has 142 valence electrons. The lowest BCUT2D eigenvalue weighted by Crippen LogP contribution is -2.30. The van der Waals surface area contributed by atoms with Gasteiger partial charge in [0.2, 0.25) is 0 Å². The van der Waals surface area contributed by atoms with Gasteiger partial charge in [0, 0.05) is 23.9 Å². The van der Waals surface area contributed by atoms with Gasteiger partial charge in [0.1, 0.15) is 18.0 Å². The van der Waals surface area contributed by atoms with E-state index in [1.807, 2.05) is 4.68 Å². The zero-order valence-corrected chi connectivity index (χ0v) is 15.1. The van der Waals surface area contributed by atoms with Crippen molar-refractivity contribution in [3.8, 4) is 16.9 Å². The van der Waals surface area contributed by atoms with Crippen molar-refractivity contribution >= 4 is 21.8 Å². The highest BCUT2D eigenvalue weighted by Crippen LogP contribution is 2.44. The second-order valence-corrected chi connectivity index (χ2v) is 8.88. The highest BCUT2D eigenvalue weighted by Gasteiger charge is 2.39. The maximum atomic E-state index is 15.5. The van der Waals surface area contributed by atoms with Crippen molar-refractivity contribution in [3.63, 3.8) is 0 Å². The molecule has 0 unspecified atom stereocenters. The van der Waals surface area contributed by atoms with Crippen LogP contribution in [0.25, 0.3) is 11.1 Å². The summed E-state index contributed by atoms with van der Waals surface area (Å²) in [6.45, 7) is 0.215. The van der Waals surface area contributed by atoms with Gasteiger partial charge in [-0.1, -0.05) is 0 Å². The Bertz CT molecular complexity index is 1090. The van der Waals surface area contributed by atoms with Crippen molar-refractivity contribution in [2.45, 2.75) is 32.2 Å². The number of fused-ring (bicyclic) bond motifs is 3. The summed E-state index contributed by atoms with van der Waals surface area (Å²) in [6, 6.07) is 1.38. The molecule has 27 heavy (non-hydrogen) atoms. The first kappa shape index (κ1) is 16.5. The van der Waals surface area contributed by atoms with Crippen LogP contribution in [-0.4, -0.2) is 35.8 Å². The van der Waals surface area contributed by atoms with E-state index in [2.05, 4.69) is 5.10 Å². The lowest BCUT2D eigenvalue weighted by atomic mass is 9.88. The number of phenols is 1. The topological polar surface area (TPSA) is 105 Å². The maximum Gasteiger partial charge on any atom is 0.326 e. The fourth-order valence-corrected chi connectivity index (χ4v) is 4.98. The Morgan fingerprint density at radius 1 is 1.33 bits per heavy atom. The third-order valence-corrected chi connectivity index (χ3v) is 6.63. The van der Waals surface area contributed by atoms with E-state index in [9.17, 15) is 18.3 Å². The van der Waals surface area contributed by atoms with E-state index < -0.39 is 39.9 Å². The number of amides is 1. The number of aromatic hydroxyl groups is 1. The average Bonchev–Trinajstić information content (AvgIpc) is 3.22. The minimum absolute atomic E-state index is 0.251. The molecule has 1 saturated carbocycles. The minimum atomic E-state index is -4.23. The number of benzene rings is 1. The van der Waals surface area contributed by atoms with E-state index in [1.54, 1.807) is 10.9 Å². The summed E-state index contributed by atoms with van der Waals surface area (Å²) in [4.78, 5) is 11.5. The molecule has 0 atom stereocenters. The molecule has 10 heteroatoms. The average molecular weight is 392 g/mol. The number of carbonyl (C=O) groups excluding carboxylic acids is 1. The highest BCUT2D eigenvalue weighted by atomic mass is 32.2. The fourth-order valence-electron chi connectivity index (χ4n) is 3.82. The van der Waals surface area contributed by atoms with Crippen molar-refractivity contribution in [3.05, 3.63) is 29.3 Å². The summed E-state index contributed by atoms with van der Waals surface area (Å²) in [5.74, 6) is -1.51. The lowest BCUT2D eigenvalue weighted by molar-refractivity contribution is -0.117. The molecule has 1 aromatic carbocycles. The second-order valence-electron chi connectivity index (χ2n) is 7.28. The molecule has 2 aliphatic carbocycles. The van der Waals surface area contributed by atoms with Gasteiger partial charge in [-0.3, -0.25) is 9.48 Å². The van der Waals surface area contributed by atoms with Crippen molar-refractivity contribution in [1.82, 2.24) is 14.5 Å². The third-order valence-electron chi connectivity index (χ3n) is 5.25. The maximum absolute atomic E-state index is 15.5. The Balaban J connectivity index is 1.66. The smallest absolute Gasteiger partial charge is 0.326 e. The first-order valence-electron chi connectivity index (χ1n) is 8.78. The Kier molecular flexibility index (Phi) is 3.34. The Morgan fingerprint density at radius 3 is 2.78 bits per heavy atom. The van der Waals surface area contributed by atoms with Gasteiger partial charge in [-0.05, 0) is 43.2 Å². The standard InChI is InChI=1S/C17H17FN4O4S/c18-16-15-10(3-4-12-11(15)7-21(19-12)6-9-1-2-9)5-13(23)17(16)22-8-14(24)20-27(22,25)26/h5,7,9,23H,1-4,6,8H2,(H,20,24). The first-order chi connectivity index (χ1) is 12.8. The molecule has 1 amide bonds. The number of nitrogens with one attached hydrogen (secondary N) is 1. The molecule has 0 radical (unpaired) electrons. The molecule has 1 aromatic heterocycles.